The van der Waals surface area contributed by atoms with Crippen LogP contribution in [0.4, 0.5) is 5.69 Å². The fraction of sp³-hybridized carbons (Fsp3) is 0.567. The number of Topliss-reactive ketones (excluding diaryl/α,β-unsaturated/α-hetero) is 1. The van der Waals surface area contributed by atoms with Gasteiger partial charge in [0.25, 0.3) is 0 Å². The number of aliphatic hydroxyl groups excluding tert-OH is 3. The molecule has 2 rings (SSSR count). The zero-order valence-electron chi connectivity index (χ0n) is 22.6. The number of nitrogens with one attached hydrogen (secondary N) is 1. The van der Waals surface area contributed by atoms with E-state index in [1.54, 1.807) is 21.1 Å². The van der Waals surface area contributed by atoms with Crippen LogP contribution in [0.15, 0.2) is 42.5 Å². The lowest BCUT2D eigenvalue weighted by atomic mass is 9.93. The number of ketones is 1. The zero-order valence-corrected chi connectivity index (χ0v) is 22.6. The van der Waals surface area contributed by atoms with E-state index in [1.165, 1.54) is 5.56 Å². The van der Waals surface area contributed by atoms with Crippen molar-refractivity contribution in [1.29, 1.82) is 0 Å². The molecule has 0 aliphatic carbocycles. The Labute approximate surface area is 221 Å². The van der Waals surface area contributed by atoms with Crippen molar-refractivity contribution < 1.29 is 29.6 Å². The van der Waals surface area contributed by atoms with Crippen LogP contribution < -0.4 is 14.8 Å². The monoisotopic (exact) mass is 515 g/mol. The van der Waals surface area contributed by atoms with E-state index in [9.17, 15) is 20.1 Å². The molecule has 37 heavy (non-hydrogen) atoms. The summed E-state index contributed by atoms with van der Waals surface area (Å²) in [4.78, 5) is 12.3. The van der Waals surface area contributed by atoms with Gasteiger partial charge in [0.2, 0.25) is 0 Å². The highest BCUT2D eigenvalue weighted by molar-refractivity contribution is 5.79. The Balaban J connectivity index is 1.64. The van der Waals surface area contributed by atoms with Gasteiger partial charge in [-0.3, -0.25) is 4.79 Å². The molecular weight excluding hydrogens is 470 g/mol. The summed E-state index contributed by atoms with van der Waals surface area (Å²) in [5.74, 6) is 1.58. The van der Waals surface area contributed by atoms with Crippen molar-refractivity contribution in [3.8, 4) is 11.5 Å². The summed E-state index contributed by atoms with van der Waals surface area (Å²) < 4.78 is 10.6. The van der Waals surface area contributed by atoms with E-state index in [4.69, 9.17) is 9.47 Å². The molecule has 7 heteroatoms. The molecule has 0 saturated heterocycles. The van der Waals surface area contributed by atoms with E-state index in [-0.39, 0.29) is 24.7 Å². The SMILES string of the molecule is COc1ccc(CCC(=O)CC(O)CCCCC(CO)CCc2cccc(NCC(C)O)c2)cc1OC. The molecule has 0 aliphatic heterocycles. The van der Waals surface area contributed by atoms with Crippen LogP contribution in [0.2, 0.25) is 0 Å². The van der Waals surface area contributed by atoms with Crippen LogP contribution in [0.1, 0.15) is 63.0 Å². The van der Waals surface area contributed by atoms with Gasteiger partial charge in [-0.15, -0.1) is 0 Å². The van der Waals surface area contributed by atoms with Gasteiger partial charge >= 0.3 is 0 Å². The number of hydrogen-bond donors (Lipinski definition) is 4. The van der Waals surface area contributed by atoms with Crippen molar-refractivity contribution in [3.63, 3.8) is 0 Å². The van der Waals surface area contributed by atoms with E-state index >= 15 is 0 Å². The van der Waals surface area contributed by atoms with Crippen LogP contribution in [0, 0.1) is 5.92 Å². The summed E-state index contributed by atoms with van der Waals surface area (Å²) in [7, 11) is 3.18. The Morgan fingerprint density at radius 1 is 0.919 bits per heavy atom. The number of carbonyl (C=O) groups excluding carboxylic acids is 1. The Bertz CT molecular complexity index is 932. The molecular formula is C30H45NO6. The highest BCUT2D eigenvalue weighted by Crippen LogP contribution is 2.28. The minimum absolute atomic E-state index is 0.0562. The number of benzene rings is 2. The minimum Gasteiger partial charge on any atom is -0.493 e. The Morgan fingerprint density at radius 2 is 1.65 bits per heavy atom. The van der Waals surface area contributed by atoms with Crippen LogP contribution in [-0.2, 0) is 17.6 Å². The second kappa shape index (κ2) is 17.0. The largest absolute Gasteiger partial charge is 0.493 e. The van der Waals surface area contributed by atoms with Gasteiger partial charge in [-0.05, 0) is 80.3 Å². The van der Waals surface area contributed by atoms with Gasteiger partial charge in [-0.25, -0.2) is 0 Å². The average Bonchev–Trinajstić information content (AvgIpc) is 2.90. The fourth-order valence-electron chi connectivity index (χ4n) is 4.40. The lowest BCUT2D eigenvalue weighted by Crippen LogP contribution is -2.15. The summed E-state index contributed by atoms with van der Waals surface area (Å²) in [6, 6.07) is 13.8. The maximum Gasteiger partial charge on any atom is 0.160 e. The molecule has 7 nitrogen and oxygen atoms in total. The molecule has 0 amide bonds. The van der Waals surface area contributed by atoms with Gasteiger partial charge in [-0.1, -0.05) is 31.0 Å². The predicted molar refractivity (Wildman–Crippen MR) is 147 cm³/mol. The number of aryl methyl sites for hydroxylation is 2. The first-order valence-corrected chi connectivity index (χ1v) is 13.4. The topological polar surface area (TPSA) is 108 Å². The molecule has 0 aromatic heterocycles. The maximum absolute atomic E-state index is 12.3. The molecule has 0 bridgehead atoms. The molecule has 0 saturated carbocycles. The number of unbranched alkanes of at least 4 members (excludes halogenated alkanes) is 1. The zero-order chi connectivity index (χ0) is 27.0. The number of hydrogen-bond acceptors (Lipinski definition) is 7. The summed E-state index contributed by atoms with van der Waals surface area (Å²) in [5, 5.41) is 32.8. The van der Waals surface area contributed by atoms with E-state index < -0.39 is 12.2 Å². The highest BCUT2D eigenvalue weighted by Gasteiger charge is 2.13. The Morgan fingerprint density at radius 3 is 2.35 bits per heavy atom. The van der Waals surface area contributed by atoms with Crippen molar-refractivity contribution in [3.05, 3.63) is 53.6 Å². The van der Waals surface area contributed by atoms with Gasteiger partial charge < -0.3 is 30.1 Å². The lowest BCUT2D eigenvalue weighted by molar-refractivity contribution is -0.121. The molecule has 0 aliphatic rings. The third kappa shape index (κ3) is 12.0. The van der Waals surface area contributed by atoms with Crippen LogP contribution >= 0.6 is 0 Å². The van der Waals surface area contributed by atoms with E-state index in [1.807, 2.05) is 30.3 Å². The molecule has 0 heterocycles. The normalized spacial score (nSPS) is 13.6. The number of rotatable bonds is 19. The van der Waals surface area contributed by atoms with E-state index in [0.717, 1.165) is 43.4 Å². The quantitative estimate of drug-likeness (QED) is 0.203. The van der Waals surface area contributed by atoms with Crippen LogP contribution in [0.25, 0.3) is 0 Å². The Hall–Kier alpha value is -2.61. The highest BCUT2D eigenvalue weighted by atomic mass is 16.5. The summed E-state index contributed by atoms with van der Waals surface area (Å²) in [5.41, 5.74) is 3.19. The van der Waals surface area contributed by atoms with Crippen molar-refractivity contribution in [1.82, 2.24) is 0 Å². The maximum atomic E-state index is 12.3. The smallest absolute Gasteiger partial charge is 0.160 e. The van der Waals surface area contributed by atoms with Gasteiger partial charge in [-0.2, -0.15) is 0 Å². The predicted octanol–water partition coefficient (Wildman–Crippen LogP) is 4.55. The molecule has 0 spiro atoms. The second-order valence-electron chi connectivity index (χ2n) is 9.89. The van der Waals surface area contributed by atoms with Crippen LogP contribution in [-0.4, -0.2) is 60.7 Å². The molecule has 3 atom stereocenters. The third-order valence-corrected chi connectivity index (χ3v) is 6.63. The van der Waals surface area contributed by atoms with Gasteiger partial charge in [0.15, 0.2) is 11.5 Å². The number of carbonyl (C=O) groups is 1. The number of anilines is 1. The van der Waals surface area contributed by atoms with Crippen LogP contribution in [0.5, 0.6) is 11.5 Å². The number of aliphatic hydroxyl groups is 3. The lowest BCUT2D eigenvalue weighted by Gasteiger charge is -2.16. The second-order valence-corrected chi connectivity index (χ2v) is 9.89. The molecule has 3 unspecified atom stereocenters. The standard InChI is InChI=1S/C30H45NO6/c1-22(33)20-31-26-9-6-8-23(17-26)11-12-25(21-32)7-4-5-10-27(34)19-28(35)15-13-24-14-16-29(36-2)30(18-24)37-3/h6,8-9,14,16-18,22,25,27,31-34H,4-5,7,10-13,15,19-21H2,1-3H3. The van der Waals surface area contributed by atoms with Crippen LogP contribution in [0.3, 0.4) is 0 Å². The summed E-state index contributed by atoms with van der Waals surface area (Å²) in [6.45, 7) is 2.41. The Kier molecular flexibility index (Phi) is 14.1. The minimum atomic E-state index is -0.623. The van der Waals surface area contributed by atoms with Crippen molar-refractivity contribution in [2.24, 2.45) is 5.92 Å². The van der Waals surface area contributed by atoms with Crippen molar-refractivity contribution in [2.75, 3.05) is 32.7 Å². The van der Waals surface area contributed by atoms with Gasteiger partial charge in [0.1, 0.15) is 5.78 Å². The van der Waals surface area contributed by atoms with E-state index in [2.05, 4.69) is 17.4 Å². The summed E-state index contributed by atoms with van der Waals surface area (Å²) >= 11 is 0. The first-order chi connectivity index (χ1) is 17.8. The van der Waals surface area contributed by atoms with Crippen molar-refractivity contribution >= 4 is 11.5 Å². The molecule has 4 N–H and O–H groups in total. The molecule has 2 aromatic carbocycles. The third-order valence-electron chi connectivity index (χ3n) is 6.63. The number of ether oxygens (including phenoxy) is 2. The molecule has 0 fully saturated rings. The molecule has 0 radical (unpaired) electrons. The molecule has 206 valence electrons. The van der Waals surface area contributed by atoms with E-state index in [0.29, 0.717) is 37.3 Å². The average molecular weight is 516 g/mol. The summed E-state index contributed by atoms with van der Waals surface area (Å²) in [6.07, 6.45) is 5.16. The fourth-order valence-corrected chi connectivity index (χ4v) is 4.40. The van der Waals surface area contributed by atoms with Gasteiger partial charge in [0, 0.05) is 31.7 Å². The number of methoxy groups -OCH3 is 2. The first-order valence-electron chi connectivity index (χ1n) is 13.4. The van der Waals surface area contributed by atoms with Gasteiger partial charge in [0.05, 0.1) is 26.4 Å². The van der Waals surface area contributed by atoms with Crippen molar-refractivity contribution in [2.45, 2.75) is 76.9 Å². The first kappa shape index (κ1) is 30.6. The molecule has 2 aromatic rings.